The van der Waals surface area contributed by atoms with Gasteiger partial charge in [0.2, 0.25) is 27.6 Å². The zero-order valence-electron chi connectivity index (χ0n) is 14.1. The number of hydrogen-bond donors (Lipinski definition) is 1. The number of amides is 1. The highest BCUT2D eigenvalue weighted by atomic mass is 32.2. The first-order chi connectivity index (χ1) is 12.5. The number of carbonyl (C=O) groups is 1. The Labute approximate surface area is 152 Å². The molecule has 0 atom stereocenters. The highest BCUT2D eigenvalue weighted by molar-refractivity contribution is 7.89. The third kappa shape index (κ3) is 3.88. The average molecular weight is 406 g/mol. The standard InChI is InChI=1S/C16H14F4N2O4S/c1-22(2)27(24,25)15-13(20)11(18)10(17)12(19)14(15)26-7-8-3-5-9(6-4-8)16(21)23/h3-6H,7H2,1-2H3,(H2,21,23). The lowest BCUT2D eigenvalue weighted by Gasteiger charge is -2.18. The van der Waals surface area contributed by atoms with Crippen LogP contribution in [-0.2, 0) is 16.6 Å². The van der Waals surface area contributed by atoms with Gasteiger partial charge in [-0.25, -0.2) is 25.9 Å². The number of halogens is 4. The summed E-state index contributed by atoms with van der Waals surface area (Å²) in [6.45, 7) is -0.517. The van der Waals surface area contributed by atoms with Gasteiger partial charge in [0.05, 0.1) is 0 Å². The molecule has 27 heavy (non-hydrogen) atoms. The molecule has 0 spiro atoms. The van der Waals surface area contributed by atoms with Gasteiger partial charge >= 0.3 is 0 Å². The molecule has 6 nitrogen and oxygen atoms in total. The first-order valence-electron chi connectivity index (χ1n) is 7.28. The first kappa shape index (κ1) is 20.6. The molecular formula is C16H14F4N2O4S. The second kappa shape index (κ2) is 7.53. The molecule has 0 aliphatic rings. The third-order valence-electron chi connectivity index (χ3n) is 3.54. The topological polar surface area (TPSA) is 89.7 Å². The van der Waals surface area contributed by atoms with Crippen LogP contribution in [0.15, 0.2) is 29.2 Å². The van der Waals surface area contributed by atoms with E-state index in [-0.39, 0.29) is 5.56 Å². The van der Waals surface area contributed by atoms with Gasteiger partial charge in [-0.3, -0.25) is 4.79 Å². The van der Waals surface area contributed by atoms with Crippen molar-refractivity contribution in [3.63, 3.8) is 0 Å². The van der Waals surface area contributed by atoms with E-state index in [1.807, 2.05) is 0 Å². The second-order valence-corrected chi connectivity index (χ2v) is 7.64. The van der Waals surface area contributed by atoms with Crippen molar-refractivity contribution >= 4 is 15.9 Å². The molecule has 0 bridgehead atoms. The fraction of sp³-hybridized carbons (Fsp3) is 0.188. The van der Waals surface area contributed by atoms with Crippen LogP contribution in [0, 0.1) is 23.3 Å². The van der Waals surface area contributed by atoms with E-state index in [9.17, 15) is 30.8 Å². The van der Waals surface area contributed by atoms with E-state index >= 15 is 0 Å². The third-order valence-corrected chi connectivity index (χ3v) is 5.39. The Bertz CT molecular complexity index is 993. The van der Waals surface area contributed by atoms with E-state index in [4.69, 9.17) is 10.5 Å². The molecular weight excluding hydrogens is 392 g/mol. The van der Waals surface area contributed by atoms with Gasteiger partial charge < -0.3 is 10.5 Å². The largest absolute Gasteiger partial charge is 0.484 e. The Morgan fingerprint density at radius 3 is 2.00 bits per heavy atom. The van der Waals surface area contributed by atoms with Crippen molar-refractivity contribution in [1.29, 1.82) is 0 Å². The SMILES string of the molecule is CN(C)S(=O)(=O)c1c(F)c(F)c(F)c(F)c1OCc1ccc(C(N)=O)cc1. The van der Waals surface area contributed by atoms with Crippen LogP contribution >= 0.6 is 0 Å². The molecule has 0 aliphatic carbocycles. The normalized spacial score (nSPS) is 11.7. The first-order valence-corrected chi connectivity index (χ1v) is 8.72. The number of ether oxygens (including phenoxy) is 1. The van der Waals surface area contributed by atoms with Gasteiger partial charge in [-0.1, -0.05) is 12.1 Å². The summed E-state index contributed by atoms with van der Waals surface area (Å²) in [5.74, 6) is -10.5. The summed E-state index contributed by atoms with van der Waals surface area (Å²) in [4.78, 5) is 9.55. The lowest BCUT2D eigenvalue weighted by atomic mass is 10.1. The maximum absolute atomic E-state index is 14.1. The number of benzene rings is 2. The quantitative estimate of drug-likeness (QED) is 0.452. The van der Waals surface area contributed by atoms with Crippen molar-refractivity contribution in [2.45, 2.75) is 11.5 Å². The molecule has 0 saturated heterocycles. The number of sulfonamides is 1. The zero-order chi connectivity index (χ0) is 20.5. The van der Waals surface area contributed by atoms with Gasteiger partial charge in [-0.15, -0.1) is 0 Å². The van der Waals surface area contributed by atoms with E-state index < -0.39 is 56.5 Å². The van der Waals surface area contributed by atoms with Crippen molar-refractivity contribution in [2.75, 3.05) is 14.1 Å². The van der Waals surface area contributed by atoms with Gasteiger partial charge in [-0.2, -0.15) is 4.39 Å². The Kier molecular flexibility index (Phi) is 5.76. The number of nitrogens with two attached hydrogens (primary N) is 1. The molecule has 0 fully saturated rings. The minimum Gasteiger partial charge on any atom is -0.484 e. The summed E-state index contributed by atoms with van der Waals surface area (Å²) in [7, 11) is -2.70. The molecule has 0 aromatic heterocycles. The summed E-state index contributed by atoms with van der Waals surface area (Å²) in [6, 6.07) is 5.35. The van der Waals surface area contributed by atoms with E-state index in [1.54, 1.807) is 0 Å². The predicted molar refractivity (Wildman–Crippen MR) is 86.4 cm³/mol. The highest BCUT2D eigenvalue weighted by Crippen LogP contribution is 2.35. The number of rotatable bonds is 6. The average Bonchev–Trinajstić information content (AvgIpc) is 2.61. The van der Waals surface area contributed by atoms with E-state index in [1.165, 1.54) is 24.3 Å². The van der Waals surface area contributed by atoms with E-state index in [0.717, 1.165) is 14.1 Å². The van der Waals surface area contributed by atoms with Gasteiger partial charge in [0.1, 0.15) is 6.61 Å². The summed E-state index contributed by atoms with van der Waals surface area (Å²) in [5, 5.41) is 0. The molecule has 0 radical (unpaired) electrons. The molecule has 0 unspecified atom stereocenters. The van der Waals surface area contributed by atoms with E-state index in [2.05, 4.69) is 0 Å². The van der Waals surface area contributed by atoms with Crippen molar-refractivity contribution in [2.24, 2.45) is 5.73 Å². The smallest absolute Gasteiger partial charge is 0.249 e. The molecule has 0 heterocycles. The Balaban J connectivity index is 2.51. The summed E-state index contributed by atoms with van der Waals surface area (Å²) in [5.41, 5.74) is 5.55. The van der Waals surface area contributed by atoms with Crippen LogP contribution in [-0.4, -0.2) is 32.7 Å². The number of nitrogens with zero attached hydrogens (tertiary/aromatic N) is 1. The van der Waals surface area contributed by atoms with Crippen LogP contribution < -0.4 is 10.5 Å². The minimum atomic E-state index is -4.70. The Hall–Kier alpha value is -2.66. The molecule has 0 aliphatic heterocycles. The van der Waals surface area contributed by atoms with Crippen molar-refractivity contribution in [3.8, 4) is 5.75 Å². The van der Waals surface area contributed by atoms with Gasteiger partial charge in [0.15, 0.2) is 22.3 Å². The number of carbonyl (C=O) groups excluding carboxylic acids is 1. The lowest BCUT2D eigenvalue weighted by molar-refractivity contribution is 0.1000. The van der Waals surface area contributed by atoms with Crippen molar-refractivity contribution in [3.05, 3.63) is 58.7 Å². The minimum absolute atomic E-state index is 0.166. The molecule has 2 rings (SSSR count). The van der Waals surface area contributed by atoms with Crippen molar-refractivity contribution in [1.82, 2.24) is 4.31 Å². The van der Waals surface area contributed by atoms with E-state index in [0.29, 0.717) is 9.87 Å². The number of primary amides is 1. The van der Waals surface area contributed by atoms with Crippen LogP contribution in [0.3, 0.4) is 0 Å². The van der Waals surface area contributed by atoms with Gasteiger partial charge in [-0.05, 0) is 17.7 Å². The highest BCUT2D eigenvalue weighted by Gasteiger charge is 2.35. The van der Waals surface area contributed by atoms with Gasteiger partial charge in [0.25, 0.3) is 0 Å². The van der Waals surface area contributed by atoms with Crippen LogP contribution in [0.25, 0.3) is 0 Å². The maximum Gasteiger partial charge on any atom is 0.249 e. The molecule has 11 heteroatoms. The van der Waals surface area contributed by atoms with Crippen LogP contribution in [0.5, 0.6) is 5.75 Å². The predicted octanol–water partition coefficient (Wildman–Crippen LogP) is 2.17. The lowest BCUT2D eigenvalue weighted by Crippen LogP contribution is -2.25. The Morgan fingerprint density at radius 1 is 1.00 bits per heavy atom. The summed E-state index contributed by atoms with van der Waals surface area (Å²) in [6.07, 6.45) is 0. The Morgan fingerprint density at radius 2 is 1.52 bits per heavy atom. The molecule has 1 amide bonds. The molecule has 0 saturated carbocycles. The fourth-order valence-corrected chi connectivity index (χ4v) is 3.12. The van der Waals surface area contributed by atoms with Crippen LogP contribution in [0.1, 0.15) is 15.9 Å². The zero-order valence-corrected chi connectivity index (χ0v) is 14.9. The molecule has 2 aromatic rings. The van der Waals surface area contributed by atoms with Crippen LogP contribution in [0.2, 0.25) is 0 Å². The van der Waals surface area contributed by atoms with Gasteiger partial charge in [0, 0.05) is 19.7 Å². The summed E-state index contributed by atoms with van der Waals surface area (Å²) >= 11 is 0. The number of hydrogen-bond acceptors (Lipinski definition) is 4. The molecule has 2 N–H and O–H groups in total. The fourth-order valence-electron chi connectivity index (χ4n) is 2.05. The molecule has 2 aromatic carbocycles. The van der Waals surface area contributed by atoms with Crippen LogP contribution in [0.4, 0.5) is 17.6 Å². The maximum atomic E-state index is 14.1. The monoisotopic (exact) mass is 406 g/mol. The summed E-state index contributed by atoms with van der Waals surface area (Å²) < 4.78 is 85.2. The second-order valence-electron chi connectivity index (χ2n) is 5.55. The molecule has 146 valence electrons. The van der Waals surface area contributed by atoms with Crippen molar-refractivity contribution < 1.29 is 35.5 Å².